The van der Waals surface area contributed by atoms with Gasteiger partial charge in [0, 0.05) is 24.2 Å². The highest BCUT2D eigenvalue weighted by molar-refractivity contribution is 7.92. The van der Waals surface area contributed by atoms with Crippen LogP contribution in [-0.4, -0.2) is 50.0 Å². The van der Waals surface area contributed by atoms with Crippen LogP contribution in [-0.2, 0) is 9.84 Å². The number of carbonyl (C=O) groups is 1. The van der Waals surface area contributed by atoms with Crippen LogP contribution in [0, 0.1) is 6.92 Å². The van der Waals surface area contributed by atoms with E-state index in [4.69, 9.17) is 16.3 Å². The van der Waals surface area contributed by atoms with E-state index < -0.39 is 14.6 Å². The number of aryl methyl sites for hydroxylation is 1. The molecule has 2 rings (SSSR count). The van der Waals surface area contributed by atoms with Crippen LogP contribution in [0.2, 0.25) is 5.02 Å². The number of urea groups is 1. The molecule has 23 heavy (non-hydrogen) atoms. The lowest BCUT2D eigenvalue weighted by molar-refractivity contribution is 0.206. The van der Waals surface area contributed by atoms with Crippen molar-refractivity contribution in [3.05, 3.63) is 22.7 Å². The Balaban J connectivity index is 2.19. The molecule has 1 heterocycles. The summed E-state index contributed by atoms with van der Waals surface area (Å²) in [5, 5.41) is 3.32. The van der Waals surface area contributed by atoms with E-state index in [1.165, 1.54) is 12.0 Å². The number of anilines is 1. The van der Waals surface area contributed by atoms with Gasteiger partial charge in [-0.15, -0.1) is 0 Å². The minimum Gasteiger partial charge on any atom is -0.495 e. The lowest BCUT2D eigenvalue weighted by Gasteiger charge is -2.37. The van der Waals surface area contributed by atoms with Gasteiger partial charge in [-0.3, -0.25) is 0 Å². The van der Waals surface area contributed by atoms with E-state index >= 15 is 0 Å². The lowest BCUT2D eigenvalue weighted by atomic mass is 10.2. The van der Waals surface area contributed by atoms with Gasteiger partial charge in [-0.2, -0.15) is 0 Å². The number of rotatable bonds is 2. The average molecular weight is 361 g/mol. The summed E-state index contributed by atoms with van der Waals surface area (Å²) in [5.41, 5.74) is 1.31. The number of hydrogen-bond donors (Lipinski definition) is 1. The molecule has 0 aliphatic carbocycles. The first-order valence-corrected chi connectivity index (χ1v) is 9.23. The number of ether oxygens (including phenoxy) is 1. The third-order valence-corrected chi connectivity index (χ3v) is 6.99. The van der Waals surface area contributed by atoms with Gasteiger partial charge in [0.05, 0.1) is 23.3 Å². The number of amides is 2. The van der Waals surface area contributed by atoms with Gasteiger partial charge >= 0.3 is 6.03 Å². The van der Waals surface area contributed by atoms with Gasteiger partial charge in [0.25, 0.3) is 0 Å². The quantitative estimate of drug-likeness (QED) is 0.879. The normalized spacial score (nSPS) is 19.3. The highest BCUT2D eigenvalue weighted by atomic mass is 35.5. The third-order valence-electron chi connectivity index (χ3n) is 4.05. The molecule has 0 radical (unpaired) electrons. The summed E-state index contributed by atoms with van der Waals surface area (Å²) in [6.45, 7) is 5.42. The minimum atomic E-state index is -3.19. The average Bonchev–Trinajstić information content (AvgIpc) is 2.45. The molecule has 1 aromatic rings. The molecule has 1 aliphatic heterocycles. The summed E-state index contributed by atoms with van der Waals surface area (Å²) >= 11 is 6.05. The fourth-order valence-corrected chi connectivity index (χ4v) is 3.96. The predicted octanol–water partition coefficient (Wildman–Crippen LogP) is 2.70. The zero-order valence-corrected chi connectivity index (χ0v) is 15.2. The summed E-state index contributed by atoms with van der Waals surface area (Å²) in [6.07, 6.45) is 0. The first-order chi connectivity index (χ1) is 10.6. The van der Waals surface area contributed by atoms with Crippen molar-refractivity contribution in [1.82, 2.24) is 4.90 Å². The molecule has 2 amide bonds. The molecule has 1 saturated heterocycles. The summed E-state index contributed by atoms with van der Waals surface area (Å²) in [6, 6.07) is 3.01. The van der Waals surface area contributed by atoms with Crippen LogP contribution in [0.3, 0.4) is 0 Å². The Kier molecular flexibility index (Phi) is 4.82. The van der Waals surface area contributed by atoms with Crippen molar-refractivity contribution in [1.29, 1.82) is 0 Å². The molecule has 1 aliphatic rings. The Morgan fingerprint density at radius 2 is 2.04 bits per heavy atom. The third kappa shape index (κ3) is 3.55. The van der Waals surface area contributed by atoms with Crippen molar-refractivity contribution in [3.8, 4) is 5.75 Å². The molecule has 1 N–H and O–H groups in total. The van der Waals surface area contributed by atoms with Crippen molar-refractivity contribution >= 4 is 33.2 Å². The number of carbonyl (C=O) groups excluding carboxylic acids is 1. The van der Waals surface area contributed by atoms with E-state index in [-0.39, 0.29) is 24.9 Å². The lowest BCUT2D eigenvalue weighted by Crippen LogP contribution is -2.55. The number of halogens is 1. The number of hydrogen-bond acceptors (Lipinski definition) is 4. The smallest absolute Gasteiger partial charge is 0.322 e. The van der Waals surface area contributed by atoms with Gasteiger partial charge < -0.3 is 15.0 Å². The standard InChI is InChI=1S/C15H21ClN2O4S/c1-10-7-12(13(22-4)8-11(10)16)17-14(19)18-5-6-23(20,21)15(2,3)9-18/h7-8H,5-6,9H2,1-4H3,(H,17,19). The van der Waals surface area contributed by atoms with Crippen LogP contribution < -0.4 is 10.1 Å². The summed E-state index contributed by atoms with van der Waals surface area (Å²) in [7, 11) is -1.70. The molecule has 1 aromatic carbocycles. The first-order valence-electron chi connectivity index (χ1n) is 7.20. The van der Waals surface area contributed by atoms with Crippen LogP contribution in [0.5, 0.6) is 5.75 Å². The zero-order chi connectivity index (χ0) is 17.4. The Bertz CT molecular complexity index is 731. The maximum absolute atomic E-state index is 12.5. The van der Waals surface area contributed by atoms with E-state index in [1.54, 1.807) is 26.0 Å². The van der Waals surface area contributed by atoms with Crippen molar-refractivity contribution in [3.63, 3.8) is 0 Å². The molecule has 0 spiro atoms. The number of nitrogens with zero attached hydrogens (tertiary/aromatic N) is 1. The van der Waals surface area contributed by atoms with Crippen LogP contribution in [0.4, 0.5) is 10.5 Å². The molecule has 0 atom stereocenters. The fraction of sp³-hybridized carbons (Fsp3) is 0.533. The fourth-order valence-electron chi connectivity index (χ4n) is 2.44. The number of methoxy groups -OCH3 is 1. The molecule has 6 nitrogen and oxygen atoms in total. The minimum absolute atomic E-state index is 0.0375. The van der Waals surface area contributed by atoms with Crippen molar-refractivity contribution < 1.29 is 17.9 Å². The molecule has 0 aromatic heterocycles. The highest BCUT2D eigenvalue weighted by Gasteiger charge is 2.41. The Labute approximate surface area is 141 Å². The van der Waals surface area contributed by atoms with Gasteiger partial charge in [0.1, 0.15) is 5.75 Å². The second kappa shape index (κ2) is 6.20. The van der Waals surface area contributed by atoms with E-state index in [0.717, 1.165) is 5.56 Å². The maximum Gasteiger partial charge on any atom is 0.322 e. The second-order valence-corrected chi connectivity index (χ2v) is 9.38. The molecule has 1 fully saturated rings. The Morgan fingerprint density at radius 3 is 2.61 bits per heavy atom. The number of sulfone groups is 1. The molecule has 8 heteroatoms. The van der Waals surface area contributed by atoms with Gasteiger partial charge in [-0.05, 0) is 32.4 Å². The maximum atomic E-state index is 12.5. The van der Waals surface area contributed by atoms with E-state index in [9.17, 15) is 13.2 Å². The van der Waals surface area contributed by atoms with Crippen molar-refractivity contribution in [2.75, 3.05) is 31.3 Å². The number of benzene rings is 1. The topological polar surface area (TPSA) is 75.7 Å². The highest BCUT2D eigenvalue weighted by Crippen LogP contribution is 2.31. The molecular weight excluding hydrogens is 340 g/mol. The van der Waals surface area contributed by atoms with Crippen molar-refractivity contribution in [2.45, 2.75) is 25.5 Å². The van der Waals surface area contributed by atoms with Crippen molar-refractivity contribution in [2.24, 2.45) is 0 Å². The van der Waals surface area contributed by atoms with Gasteiger partial charge in [0.2, 0.25) is 0 Å². The van der Waals surface area contributed by atoms with E-state index in [2.05, 4.69) is 5.32 Å². The van der Waals surface area contributed by atoms with Gasteiger partial charge in [0.15, 0.2) is 9.84 Å². The van der Waals surface area contributed by atoms with Crippen LogP contribution in [0.1, 0.15) is 19.4 Å². The zero-order valence-electron chi connectivity index (χ0n) is 13.6. The Morgan fingerprint density at radius 1 is 1.39 bits per heavy atom. The summed E-state index contributed by atoms with van der Waals surface area (Å²) in [5.74, 6) is 0.419. The van der Waals surface area contributed by atoms with Crippen LogP contribution in [0.15, 0.2) is 12.1 Å². The van der Waals surface area contributed by atoms with Crippen LogP contribution >= 0.6 is 11.6 Å². The van der Waals surface area contributed by atoms with Crippen LogP contribution in [0.25, 0.3) is 0 Å². The first kappa shape index (κ1) is 17.9. The molecular formula is C15H21ClN2O4S. The predicted molar refractivity (Wildman–Crippen MR) is 91.2 cm³/mol. The largest absolute Gasteiger partial charge is 0.495 e. The van der Waals surface area contributed by atoms with E-state index in [0.29, 0.717) is 16.5 Å². The Hall–Kier alpha value is -1.47. The molecule has 0 bridgehead atoms. The summed E-state index contributed by atoms with van der Waals surface area (Å²) in [4.78, 5) is 14.0. The van der Waals surface area contributed by atoms with Gasteiger partial charge in [-0.1, -0.05) is 11.6 Å². The summed E-state index contributed by atoms with van der Waals surface area (Å²) < 4.78 is 28.3. The van der Waals surface area contributed by atoms with Gasteiger partial charge in [-0.25, -0.2) is 13.2 Å². The monoisotopic (exact) mass is 360 g/mol. The number of nitrogens with one attached hydrogen (secondary N) is 1. The molecule has 128 valence electrons. The second-order valence-electron chi connectivity index (χ2n) is 6.23. The molecule has 0 saturated carbocycles. The molecule has 0 unspecified atom stereocenters. The SMILES string of the molecule is COc1cc(Cl)c(C)cc1NC(=O)N1CCS(=O)(=O)C(C)(C)C1. The van der Waals surface area contributed by atoms with E-state index in [1.807, 2.05) is 6.92 Å².